The molecule has 0 spiro atoms. The summed E-state index contributed by atoms with van der Waals surface area (Å²) in [5.41, 5.74) is 6.42. The van der Waals surface area contributed by atoms with Crippen molar-refractivity contribution in [2.24, 2.45) is 5.73 Å². The van der Waals surface area contributed by atoms with Gasteiger partial charge in [-0.2, -0.15) is 5.10 Å². The van der Waals surface area contributed by atoms with Crippen molar-refractivity contribution in [1.29, 1.82) is 0 Å². The number of rotatable bonds is 2. The number of nitrogens with two attached hydrogens (primary N) is 1. The van der Waals surface area contributed by atoms with Crippen molar-refractivity contribution < 1.29 is 4.79 Å². The molecule has 0 aliphatic carbocycles. The summed E-state index contributed by atoms with van der Waals surface area (Å²) < 4.78 is 1.54. The molecule has 0 aliphatic heterocycles. The molecule has 2 N–H and O–H groups in total. The normalized spacial score (nSPS) is 10.4. The van der Waals surface area contributed by atoms with Crippen LogP contribution in [-0.2, 0) is 0 Å². The van der Waals surface area contributed by atoms with Crippen LogP contribution in [0.25, 0.3) is 5.13 Å². The molecule has 72 valence electrons. The van der Waals surface area contributed by atoms with Crippen molar-refractivity contribution in [3.05, 3.63) is 29.0 Å². The van der Waals surface area contributed by atoms with Crippen molar-refractivity contribution in [3.63, 3.8) is 0 Å². The molecule has 1 amide bonds. The number of carbonyl (C=O) groups excluding carboxylic acids is 1. The first-order valence-electron chi connectivity index (χ1n) is 3.94. The molecule has 0 unspecified atom stereocenters. The second-order valence-electron chi connectivity index (χ2n) is 2.81. The van der Waals surface area contributed by atoms with Crippen LogP contribution >= 0.6 is 11.3 Å². The van der Waals surface area contributed by atoms with Crippen LogP contribution in [0, 0.1) is 6.92 Å². The molecule has 0 saturated carbocycles. The van der Waals surface area contributed by atoms with Gasteiger partial charge in [0.1, 0.15) is 0 Å². The van der Waals surface area contributed by atoms with Crippen LogP contribution in [0.2, 0.25) is 0 Å². The Morgan fingerprint density at radius 2 is 2.43 bits per heavy atom. The lowest BCUT2D eigenvalue weighted by molar-refractivity contribution is 0.100. The highest BCUT2D eigenvalue weighted by molar-refractivity contribution is 7.12. The van der Waals surface area contributed by atoms with Gasteiger partial charge < -0.3 is 5.73 Å². The summed E-state index contributed by atoms with van der Waals surface area (Å²) in [4.78, 5) is 15.0. The highest BCUT2D eigenvalue weighted by Gasteiger charge is 2.07. The quantitative estimate of drug-likeness (QED) is 0.790. The van der Waals surface area contributed by atoms with Gasteiger partial charge in [0.25, 0.3) is 5.91 Å². The lowest BCUT2D eigenvalue weighted by Crippen LogP contribution is -2.09. The van der Waals surface area contributed by atoms with E-state index in [-0.39, 0.29) is 0 Å². The molecule has 0 saturated heterocycles. The minimum absolute atomic E-state index is 0.387. The molecule has 14 heavy (non-hydrogen) atoms. The highest BCUT2D eigenvalue weighted by atomic mass is 32.1. The number of hydrogen-bond donors (Lipinski definition) is 1. The molecule has 0 atom stereocenters. The number of aryl methyl sites for hydroxylation is 1. The molecule has 2 aromatic heterocycles. The van der Waals surface area contributed by atoms with E-state index in [0.29, 0.717) is 5.56 Å². The third-order valence-electron chi connectivity index (χ3n) is 1.67. The monoisotopic (exact) mass is 208 g/mol. The summed E-state index contributed by atoms with van der Waals surface area (Å²) in [5, 5.41) is 6.63. The maximum Gasteiger partial charge on any atom is 0.251 e. The Kier molecular flexibility index (Phi) is 2.05. The summed E-state index contributed by atoms with van der Waals surface area (Å²) in [7, 11) is 0. The van der Waals surface area contributed by atoms with E-state index < -0.39 is 5.91 Å². The van der Waals surface area contributed by atoms with Gasteiger partial charge in [0.05, 0.1) is 17.5 Å². The number of hydrogen-bond acceptors (Lipinski definition) is 4. The Bertz CT molecular complexity index is 473. The SMILES string of the molecule is Cc1csc(-n2cc(C(N)=O)cn2)n1. The number of aromatic nitrogens is 3. The minimum atomic E-state index is -0.482. The van der Waals surface area contributed by atoms with E-state index in [1.54, 1.807) is 6.20 Å². The van der Waals surface area contributed by atoms with Crippen molar-refractivity contribution >= 4 is 17.2 Å². The van der Waals surface area contributed by atoms with Gasteiger partial charge in [-0.3, -0.25) is 4.79 Å². The first kappa shape index (κ1) is 8.89. The molecule has 2 aromatic rings. The van der Waals surface area contributed by atoms with Gasteiger partial charge in [0.15, 0.2) is 0 Å². The molecule has 2 heterocycles. The van der Waals surface area contributed by atoms with Gasteiger partial charge in [-0.15, -0.1) is 11.3 Å². The van der Waals surface area contributed by atoms with Crippen LogP contribution in [-0.4, -0.2) is 20.7 Å². The van der Waals surface area contributed by atoms with Crippen molar-refractivity contribution in [3.8, 4) is 5.13 Å². The molecular weight excluding hydrogens is 200 g/mol. The fourth-order valence-corrected chi connectivity index (χ4v) is 1.73. The van der Waals surface area contributed by atoms with Gasteiger partial charge in [-0.05, 0) is 6.92 Å². The first-order valence-corrected chi connectivity index (χ1v) is 4.82. The Hall–Kier alpha value is -1.69. The standard InChI is InChI=1S/C8H8N4OS/c1-5-4-14-8(11-5)12-3-6(2-10-12)7(9)13/h2-4H,1H3,(H2,9,13). The second-order valence-corrected chi connectivity index (χ2v) is 3.65. The molecule has 5 nitrogen and oxygen atoms in total. The number of carbonyl (C=O) groups is 1. The van der Waals surface area contributed by atoms with Crippen LogP contribution in [0.5, 0.6) is 0 Å². The van der Waals surface area contributed by atoms with E-state index in [1.807, 2.05) is 12.3 Å². The summed E-state index contributed by atoms with van der Waals surface area (Å²) >= 11 is 1.46. The molecular formula is C8H8N4OS. The Morgan fingerprint density at radius 3 is 2.93 bits per heavy atom. The average Bonchev–Trinajstić information content (AvgIpc) is 2.70. The van der Waals surface area contributed by atoms with E-state index in [2.05, 4.69) is 10.1 Å². The number of primary amides is 1. The summed E-state index contributed by atoms with van der Waals surface area (Å²) in [6.07, 6.45) is 3.00. The Morgan fingerprint density at radius 1 is 1.64 bits per heavy atom. The van der Waals surface area contributed by atoms with Gasteiger partial charge in [-0.1, -0.05) is 0 Å². The average molecular weight is 208 g/mol. The third kappa shape index (κ3) is 1.51. The number of thiazole rings is 1. The molecule has 2 rings (SSSR count). The van der Waals surface area contributed by atoms with Crippen LogP contribution in [0.1, 0.15) is 16.1 Å². The fraction of sp³-hybridized carbons (Fsp3) is 0.125. The molecule has 0 bridgehead atoms. The lowest BCUT2D eigenvalue weighted by Gasteiger charge is -1.91. The zero-order valence-electron chi connectivity index (χ0n) is 7.47. The predicted molar refractivity (Wildman–Crippen MR) is 52.5 cm³/mol. The maximum atomic E-state index is 10.8. The summed E-state index contributed by atoms with van der Waals surface area (Å²) in [6.45, 7) is 1.90. The number of amides is 1. The molecule has 0 fully saturated rings. The molecule has 0 aliphatic rings. The zero-order chi connectivity index (χ0) is 10.1. The number of nitrogens with zero attached hydrogens (tertiary/aromatic N) is 3. The summed E-state index contributed by atoms with van der Waals surface area (Å²) in [5.74, 6) is -0.482. The van der Waals surface area contributed by atoms with Crippen molar-refractivity contribution in [2.75, 3.05) is 0 Å². The van der Waals surface area contributed by atoms with Gasteiger partial charge in [0.2, 0.25) is 5.13 Å². The predicted octanol–water partition coefficient (Wildman–Crippen LogP) is 0.736. The third-order valence-corrected chi connectivity index (χ3v) is 2.62. The van der Waals surface area contributed by atoms with Crippen molar-refractivity contribution in [1.82, 2.24) is 14.8 Å². The topological polar surface area (TPSA) is 73.8 Å². The van der Waals surface area contributed by atoms with Crippen LogP contribution in [0.4, 0.5) is 0 Å². The maximum absolute atomic E-state index is 10.8. The Labute approximate surface area is 84.2 Å². The van der Waals surface area contributed by atoms with E-state index in [0.717, 1.165) is 10.8 Å². The van der Waals surface area contributed by atoms with Gasteiger partial charge in [0, 0.05) is 11.6 Å². The fourth-order valence-electron chi connectivity index (χ4n) is 1.00. The lowest BCUT2D eigenvalue weighted by atomic mass is 10.4. The van der Waals surface area contributed by atoms with E-state index in [4.69, 9.17) is 5.73 Å². The van der Waals surface area contributed by atoms with Crippen LogP contribution in [0.3, 0.4) is 0 Å². The molecule has 0 radical (unpaired) electrons. The van der Waals surface area contributed by atoms with E-state index in [1.165, 1.54) is 22.2 Å². The Balaban J connectivity index is 2.38. The first-order chi connectivity index (χ1) is 6.66. The largest absolute Gasteiger partial charge is 0.366 e. The summed E-state index contributed by atoms with van der Waals surface area (Å²) in [6, 6.07) is 0. The van der Waals surface area contributed by atoms with E-state index >= 15 is 0 Å². The van der Waals surface area contributed by atoms with Gasteiger partial charge >= 0.3 is 0 Å². The van der Waals surface area contributed by atoms with Crippen LogP contribution < -0.4 is 5.73 Å². The van der Waals surface area contributed by atoms with Crippen molar-refractivity contribution in [2.45, 2.75) is 6.92 Å². The zero-order valence-corrected chi connectivity index (χ0v) is 8.28. The van der Waals surface area contributed by atoms with E-state index in [9.17, 15) is 4.79 Å². The minimum Gasteiger partial charge on any atom is -0.366 e. The van der Waals surface area contributed by atoms with Crippen LogP contribution in [0.15, 0.2) is 17.8 Å². The van der Waals surface area contributed by atoms with Gasteiger partial charge in [-0.25, -0.2) is 9.67 Å². The molecule has 6 heteroatoms. The highest BCUT2D eigenvalue weighted by Crippen LogP contribution is 2.13. The smallest absolute Gasteiger partial charge is 0.251 e. The molecule has 0 aromatic carbocycles. The second kappa shape index (κ2) is 3.22.